The van der Waals surface area contributed by atoms with Gasteiger partial charge in [-0.3, -0.25) is 0 Å². The quantitative estimate of drug-likeness (QED) is 0.805. The number of hydrogen-bond acceptors (Lipinski definition) is 3. The lowest BCUT2D eigenvalue weighted by Gasteiger charge is -2.31. The lowest BCUT2D eigenvalue weighted by molar-refractivity contribution is -0.137. The van der Waals surface area contributed by atoms with Crippen LogP contribution in [-0.4, -0.2) is 22.5 Å². The molecule has 0 spiro atoms. The first-order valence-electron chi connectivity index (χ1n) is 6.44. The minimum atomic E-state index is -4.41. The summed E-state index contributed by atoms with van der Waals surface area (Å²) < 4.78 is 38.3. The molecule has 0 bridgehead atoms. The summed E-state index contributed by atoms with van der Waals surface area (Å²) in [7, 11) is 0. The number of rotatable bonds is 3. The highest BCUT2D eigenvalue weighted by Gasteiger charge is 2.32. The fourth-order valence-electron chi connectivity index (χ4n) is 2.47. The molecule has 1 N–H and O–H groups in total. The summed E-state index contributed by atoms with van der Waals surface area (Å²) in [5.74, 6) is 0.204. The fraction of sp³-hybridized carbons (Fsp3) is 0.615. The van der Waals surface area contributed by atoms with Crippen LogP contribution in [0.25, 0.3) is 0 Å². The summed E-state index contributed by atoms with van der Waals surface area (Å²) in [5.41, 5.74) is -0.767. The Hall–Kier alpha value is -0.620. The summed E-state index contributed by atoms with van der Waals surface area (Å²) in [4.78, 5) is 3.96. The van der Waals surface area contributed by atoms with E-state index in [1.807, 2.05) is 6.26 Å². The van der Waals surface area contributed by atoms with E-state index in [0.717, 1.165) is 31.4 Å². The van der Waals surface area contributed by atoms with E-state index in [9.17, 15) is 13.2 Å². The van der Waals surface area contributed by atoms with Gasteiger partial charge in [-0.15, -0.1) is 0 Å². The highest BCUT2D eigenvalue weighted by molar-refractivity contribution is 7.99. The average Bonchev–Trinajstić information content (AvgIpc) is 2.37. The van der Waals surface area contributed by atoms with Crippen LogP contribution in [0.2, 0.25) is 5.15 Å². The van der Waals surface area contributed by atoms with E-state index < -0.39 is 11.7 Å². The van der Waals surface area contributed by atoms with Crippen LogP contribution >= 0.6 is 23.4 Å². The molecular weight excluding hydrogens is 309 g/mol. The molecule has 1 aliphatic carbocycles. The van der Waals surface area contributed by atoms with Crippen LogP contribution in [0.3, 0.4) is 0 Å². The molecular formula is C13H16ClF3N2S. The van der Waals surface area contributed by atoms with E-state index in [2.05, 4.69) is 10.3 Å². The van der Waals surface area contributed by atoms with Crippen molar-refractivity contribution in [3.8, 4) is 0 Å². The lowest BCUT2D eigenvalue weighted by atomic mass is 9.95. The molecule has 0 amide bonds. The molecule has 0 radical (unpaired) electrons. The normalized spacial score (nSPS) is 23.6. The molecule has 1 fully saturated rings. The molecule has 1 aromatic heterocycles. The molecule has 20 heavy (non-hydrogen) atoms. The predicted octanol–water partition coefficient (Wildman–Crippen LogP) is 4.84. The van der Waals surface area contributed by atoms with Gasteiger partial charge in [0.2, 0.25) is 0 Å². The Kier molecular flexibility index (Phi) is 5.07. The second kappa shape index (κ2) is 6.43. The Labute approximate surface area is 125 Å². The fourth-order valence-corrected chi connectivity index (χ4v) is 3.61. The van der Waals surface area contributed by atoms with Gasteiger partial charge in [-0.2, -0.15) is 24.9 Å². The summed E-state index contributed by atoms with van der Waals surface area (Å²) in [6, 6.07) is 2.02. The van der Waals surface area contributed by atoms with Crippen LogP contribution in [0.5, 0.6) is 0 Å². The van der Waals surface area contributed by atoms with E-state index in [4.69, 9.17) is 11.6 Å². The Morgan fingerprint density at radius 1 is 1.30 bits per heavy atom. The topological polar surface area (TPSA) is 24.9 Å². The van der Waals surface area contributed by atoms with Crippen LogP contribution < -0.4 is 5.32 Å². The maximum absolute atomic E-state index is 12.8. The van der Waals surface area contributed by atoms with Crippen molar-refractivity contribution in [2.24, 2.45) is 0 Å². The van der Waals surface area contributed by atoms with Crippen molar-refractivity contribution in [2.75, 3.05) is 11.6 Å². The van der Waals surface area contributed by atoms with Crippen LogP contribution in [-0.2, 0) is 6.18 Å². The maximum Gasteiger partial charge on any atom is 0.416 e. The number of hydrogen-bond donors (Lipinski definition) is 1. The van der Waals surface area contributed by atoms with Gasteiger partial charge in [0.25, 0.3) is 0 Å². The molecule has 2 unspecified atom stereocenters. The van der Waals surface area contributed by atoms with Crippen molar-refractivity contribution >= 4 is 29.2 Å². The molecule has 7 heteroatoms. The van der Waals surface area contributed by atoms with Crippen molar-refractivity contribution in [2.45, 2.75) is 43.2 Å². The van der Waals surface area contributed by atoms with Crippen molar-refractivity contribution in [1.82, 2.24) is 4.98 Å². The average molecular weight is 325 g/mol. The monoisotopic (exact) mass is 324 g/mol. The van der Waals surface area contributed by atoms with Crippen molar-refractivity contribution in [3.05, 3.63) is 22.8 Å². The summed E-state index contributed by atoms with van der Waals surface area (Å²) in [6.45, 7) is 0. The third-order valence-electron chi connectivity index (χ3n) is 3.46. The van der Waals surface area contributed by atoms with Gasteiger partial charge in [0.15, 0.2) is 0 Å². The van der Waals surface area contributed by atoms with E-state index in [1.165, 1.54) is 6.42 Å². The van der Waals surface area contributed by atoms with Crippen molar-refractivity contribution in [1.29, 1.82) is 0 Å². The maximum atomic E-state index is 12.8. The van der Waals surface area contributed by atoms with E-state index in [1.54, 1.807) is 11.8 Å². The molecule has 0 aliphatic heterocycles. The number of nitrogens with zero attached hydrogens (tertiary/aromatic N) is 1. The predicted molar refractivity (Wildman–Crippen MR) is 77.4 cm³/mol. The first-order valence-corrected chi connectivity index (χ1v) is 8.11. The Morgan fingerprint density at radius 3 is 2.65 bits per heavy atom. The number of aromatic nitrogens is 1. The van der Waals surface area contributed by atoms with Gasteiger partial charge >= 0.3 is 6.18 Å². The smallest absolute Gasteiger partial charge is 0.366 e. The van der Waals surface area contributed by atoms with Crippen LogP contribution in [0.15, 0.2) is 12.1 Å². The first kappa shape index (κ1) is 15.8. The van der Waals surface area contributed by atoms with Gasteiger partial charge < -0.3 is 5.32 Å². The standard InChI is InChI=1S/C13H16ClF3N2S/c1-20-10-5-3-2-4-9(10)18-12-7-8(13(15,16)17)6-11(14)19-12/h6-7,9-10H,2-5H2,1H3,(H,18,19). The number of thioether (sulfide) groups is 1. The summed E-state index contributed by atoms with van der Waals surface area (Å²) in [5, 5.41) is 3.38. The zero-order chi connectivity index (χ0) is 14.8. The number of halogens is 4. The molecule has 1 aliphatic rings. The highest BCUT2D eigenvalue weighted by Crippen LogP contribution is 2.34. The second-order valence-electron chi connectivity index (χ2n) is 4.87. The SMILES string of the molecule is CSC1CCCCC1Nc1cc(C(F)(F)F)cc(Cl)n1. The van der Waals surface area contributed by atoms with Crippen LogP contribution in [0.4, 0.5) is 19.0 Å². The molecule has 2 nitrogen and oxygen atoms in total. The Morgan fingerprint density at radius 2 is 2.00 bits per heavy atom. The Bertz CT molecular complexity index is 467. The summed E-state index contributed by atoms with van der Waals surface area (Å²) >= 11 is 7.43. The molecule has 1 heterocycles. The highest BCUT2D eigenvalue weighted by atomic mass is 35.5. The molecule has 0 aromatic carbocycles. The molecule has 2 atom stereocenters. The number of nitrogens with one attached hydrogen (secondary N) is 1. The van der Waals surface area contributed by atoms with Crippen LogP contribution in [0, 0.1) is 0 Å². The minimum Gasteiger partial charge on any atom is -0.366 e. The molecule has 2 rings (SSSR count). The van der Waals surface area contributed by atoms with Crippen molar-refractivity contribution < 1.29 is 13.2 Å². The third kappa shape index (κ3) is 3.95. The van der Waals surface area contributed by atoms with Crippen LogP contribution in [0.1, 0.15) is 31.2 Å². The van der Waals surface area contributed by atoms with Crippen molar-refractivity contribution in [3.63, 3.8) is 0 Å². The second-order valence-corrected chi connectivity index (χ2v) is 6.34. The first-order chi connectivity index (χ1) is 9.40. The zero-order valence-corrected chi connectivity index (χ0v) is 12.6. The largest absolute Gasteiger partial charge is 0.416 e. The molecule has 0 saturated heterocycles. The van der Waals surface area contributed by atoms with E-state index in [0.29, 0.717) is 5.25 Å². The Balaban J connectivity index is 2.18. The molecule has 1 saturated carbocycles. The minimum absolute atomic E-state index is 0.140. The van der Waals surface area contributed by atoms with Gasteiger partial charge in [0.1, 0.15) is 11.0 Å². The third-order valence-corrected chi connectivity index (χ3v) is 4.82. The van der Waals surface area contributed by atoms with E-state index >= 15 is 0 Å². The van der Waals surface area contributed by atoms with Gasteiger partial charge in [-0.1, -0.05) is 24.4 Å². The lowest BCUT2D eigenvalue weighted by Crippen LogP contribution is -2.34. The number of pyridine rings is 1. The van der Waals surface area contributed by atoms with Gasteiger partial charge in [0.05, 0.1) is 5.56 Å². The van der Waals surface area contributed by atoms with E-state index in [-0.39, 0.29) is 17.0 Å². The van der Waals surface area contributed by atoms with Gasteiger partial charge in [-0.05, 0) is 31.2 Å². The zero-order valence-electron chi connectivity index (χ0n) is 11.0. The summed E-state index contributed by atoms with van der Waals surface area (Å²) in [6.07, 6.45) is 1.89. The molecule has 112 valence electrons. The van der Waals surface area contributed by atoms with Gasteiger partial charge in [0, 0.05) is 11.3 Å². The molecule has 1 aromatic rings. The number of alkyl halides is 3. The van der Waals surface area contributed by atoms with Gasteiger partial charge in [-0.25, -0.2) is 4.98 Å². The number of anilines is 1.